The number of hydrogen-bond acceptors (Lipinski definition) is 5. The maximum absolute atomic E-state index is 12.2. The molecule has 6 heteroatoms. The van der Waals surface area contributed by atoms with Crippen LogP contribution in [-0.4, -0.2) is 15.9 Å². The Morgan fingerprint density at radius 3 is 2.69 bits per heavy atom. The molecule has 0 N–H and O–H groups in total. The molecule has 0 saturated heterocycles. The molecule has 0 fully saturated rings. The molecule has 0 radical (unpaired) electrons. The second-order valence-electron chi connectivity index (χ2n) is 5.59. The number of benzene rings is 2. The van der Waals surface area contributed by atoms with E-state index in [1.807, 2.05) is 42.5 Å². The molecule has 2 heterocycles. The maximum Gasteiger partial charge on any atom is 0.357 e. The second-order valence-corrected chi connectivity index (χ2v) is 6.03. The molecule has 0 aliphatic carbocycles. The Balaban J connectivity index is 1.45. The van der Waals surface area contributed by atoms with Crippen LogP contribution in [0.3, 0.4) is 0 Å². The van der Waals surface area contributed by atoms with Gasteiger partial charge >= 0.3 is 5.97 Å². The van der Waals surface area contributed by atoms with Crippen LogP contribution in [0.1, 0.15) is 16.4 Å². The minimum Gasteiger partial charge on any atom is -0.451 e. The molecular formula is C20H13ClN2O3. The predicted octanol–water partition coefficient (Wildman–Crippen LogP) is 4.90. The van der Waals surface area contributed by atoms with Crippen LogP contribution in [0.15, 0.2) is 71.3 Å². The van der Waals surface area contributed by atoms with Crippen molar-refractivity contribution >= 4 is 28.5 Å². The minimum atomic E-state index is -0.526. The summed E-state index contributed by atoms with van der Waals surface area (Å²) < 4.78 is 10.9. The molecule has 5 nitrogen and oxygen atoms in total. The summed E-state index contributed by atoms with van der Waals surface area (Å²) in [6.45, 7) is -0.0685. The normalized spacial score (nSPS) is 10.8. The summed E-state index contributed by atoms with van der Waals surface area (Å²) in [7, 11) is 0. The summed E-state index contributed by atoms with van der Waals surface area (Å²) in [5.41, 5.74) is 1.83. The standard InChI is InChI=1S/C20H13ClN2O3/c21-15-8-5-14(6-9-15)18-11-22-19(26-18)12-25-20(24)17-10-7-13-3-1-2-4-16(13)23-17/h1-11H,12H2. The fraction of sp³-hybridized carbons (Fsp3) is 0.0500. The van der Waals surface area contributed by atoms with Gasteiger partial charge in [-0.2, -0.15) is 0 Å². The number of fused-ring (bicyclic) bond motifs is 1. The topological polar surface area (TPSA) is 65.2 Å². The number of carbonyl (C=O) groups excluding carboxylic acids is 1. The van der Waals surface area contributed by atoms with Crippen molar-refractivity contribution in [3.05, 3.63) is 83.5 Å². The van der Waals surface area contributed by atoms with Crippen LogP contribution >= 0.6 is 11.6 Å². The lowest BCUT2D eigenvalue weighted by molar-refractivity contribution is 0.0432. The van der Waals surface area contributed by atoms with Gasteiger partial charge < -0.3 is 9.15 Å². The molecule has 2 aromatic carbocycles. The second kappa shape index (κ2) is 6.98. The molecule has 0 unspecified atom stereocenters. The Morgan fingerprint density at radius 2 is 1.85 bits per heavy atom. The molecule has 128 valence electrons. The van der Waals surface area contributed by atoms with Crippen molar-refractivity contribution in [2.24, 2.45) is 0 Å². The van der Waals surface area contributed by atoms with Crippen LogP contribution in [0.4, 0.5) is 0 Å². The van der Waals surface area contributed by atoms with Crippen LogP contribution in [0.5, 0.6) is 0 Å². The van der Waals surface area contributed by atoms with Crippen LogP contribution in [0.2, 0.25) is 5.02 Å². The number of nitrogens with zero attached hydrogens (tertiary/aromatic N) is 2. The van der Waals surface area contributed by atoms with Gasteiger partial charge in [-0.1, -0.05) is 35.9 Å². The predicted molar refractivity (Wildman–Crippen MR) is 97.8 cm³/mol. The molecule has 0 amide bonds. The number of oxazole rings is 1. The third-order valence-corrected chi connectivity index (χ3v) is 4.07. The van der Waals surface area contributed by atoms with E-state index in [-0.39, 0.29) is 12.3 Å². The van der Waals surface area contributed by atoms with E-state index < -0.39 is 5.97 Å². The fourth-order valence-electron chi connectivity index (χ4n) is 2.51. The Morgan fingerprint density at radius 1 is 1.04 bits per heavy atom. The number of carbonyl (C=O) groups is 1. The quantitative estimate of drug-likeness (QED) is 0.482. The largest absolute Gasteiger partial charge is 0.451 e. The van der Waals surface area contributed by atoms with E-state index in [0.29, 0.717) is 16.7 Å². The Labute approximate surface area is 154 Å². The van der Waals surface area contributed by atoms with E-state index in [1.165, 1.54) is 0 Å². The smallest absolute Gasteiger partial charge is 0.357 e. The zero-order valence-corrected chi connectivity index (χ0v) is 14.3. The lowest BCUT2D eigenvalue weighted by Gasteiger charge is -2.03. The summed E-state index contributed by atoms with van der Waals surface area (Å²) in [5, 5.41) is 1.61. The van der Waals surface area contributed by atoms with Crippen LogP contribution in [0, 0.1) is 0 Å². The van der Waals surface area contributed by atoms with E-state index in [1.54, 1.807) is 24.4 Å². The van der Waals surface area contributed by atoms with E-state index in [9.17, 15) is 4.79 Å². The van der Waals surface area contributed by atoms with Gasteiger partial charge in [-0.3, -0.25) is 0 Å². The van der Waals surface area contributed by atoms with Crippen molar-refractivity contribution in [1.82, 2.24) is 9.97 Å². The van der Waals surface area contributed by atoms with Gasteiger partial charge in [0.25, 0.3) is 0 Å². The first-order chi connectivity index (χ1) is 12.7. The van der Waals surface area contributed by atoms with Gasteiger partial charge in [0.1, 0.15) is 5.69 Å². The van der Waals surface area contributed by atoms with E-state index in [0.717, 1.165) is 16.5 Å². The number of rotatable bonds is 4. The number of para-hydroxylation sites is 1. The first kappa shape index (κ1) is 16.3. The number of ether oxygens (including phenoxy) is 1. The molecule has 4 aromatic rings. The molecule has 0 bridgehead atoms. The lowest BCUT2D eigenvalue weighted by Crippen LogP contribution is -2.07. The van der Waals surface area contributed by atoms with Gasteiger partial charge in [-0.05, 0) is 36.4 Å². The Kier molecular flexibility index (Phi) is 4.37. The van der Waals surface area contributed by atoms with Gasteiger partial charge in [0, 0.05) is 16.0 Å². The molecule has 0 saturated carbocycles. The molecular weight excluding hydrogens is 352 g/mol. The summed E-state index contributed by atoms with van der Waals surface area (Å²) in [6.07, 6.45) is 1.58. The van der Waals surface area contributed by atoms with Crippen molar-refractivity contribution < 1.29 is 13.9 Å². The van der Waals surface area contributed by atoms with E-state index in [4.69, 9.17) is 20.8 Å². The molecule has 0 aliphatic rings. The van der Waals surface area contributed by atoms with Crippen molar-refractivity contribution in [3.63, 3.8) is 0 Å². The summed E-state index contributed by atoms with van der Waals surface area (Å²) in [6, 6.07) is 18.2. The zero-order chi connectivity index (χ0) is 17.9. The maximum atomic E-state index is 12.2. The number of esters is 1. The molecule has 0 spiro atoms. The highest BCUT2D eigenvalue weighted by Crippen LogP contribution is 2.22. The molecule has 26 heavy (non-hydrogen) atoms. The number of aromatic nitrogens is 2. The SMILES string of the molecule is O=C(OCc1ncc(-c2ccc(Cl)cc2)o1)c1ccc2ccccc2n1. The van der Waals surface area contributed by atoms with Crippen molar-refractivity contribution in [2.75, 3.05) is 0 Å². The van der Waals surface area contributed by atoms with Crippen molar-refractivity contribution in [1.29, 1.82) is 0 Å². The average molecular weight is 365 g/mol. The van der Waals surface area contributed by atoms with Crippen LogP contribution in [0.25, 0.3) is 22.2 Å². The van der Waals surface area contributed by atoms with E-state index in [2.05, 4.69) is 9.97 Å². The fourth-order valence-corrected chi connectivity index (χ4v) is 2.63. The molecule has 0 atom stereocenters. The van der Waals surface area contributed by atoms with Crippen LogP contribution < -0.4 is 0 Å². The van der Waals surface area contributed by atoms with Gasteiger partial charge in [0.05, 0.1) is 11.7 Å². The first-order valence-corrected chi connectivity index (χ1v) is 8.30. The highest BCUT2D eigenvalue weighted by molar-refractivity contribution is 6.30. The van der Waals surface area contributed by atoms with Gasteiger partial charge in [0.15, 0.2) is 12.4 Å². The number of halogens is 1. The van der Waals surface area contributed by atoms with Crippen LogP contribution in [-0.2, 0) is 11.3 Å². The molecule has 4 rings (SSSR count). The Bertz CT molecular complexity index is 1070. The number of pyridine rings is 1. The van der Waals surface area contributed by atoms with Gasteiger partial charge in [-0.15, -0.1) is 0 Å². The highest BCUT2D eigenvalue weighted by Gasteiger charge is 2.13. The lowest BCUT2D eigenvalue weighted by atomic mass is 10.2. The van der Waals surface area contributed by atoms with Crippen molar-refractivity contribution in [3.8, 4) is 11.3 Å². The third-order valence-electron chi connectivity index (χ3n) is 3.82. The molecule has 0 aliphatic heterocycles. The van der Waals surface area contributed by atoms with Gasteiger partial charge in [-0.25, -0.2) is 14.8 Å². The summed E-state index contributed by atoms with van der Waals surface area (Å²) >= 11 is 5.87. The average Bonchev–Trinajstić information content (AvgIpc) is 3.15. The zero-order valence-electron chi connectivity index (χ0n) is 13.6. The van der Waals surface area contributed by atoms with Gasteiger partial charge in [0.2, 0.25) is 5.89 Å². The summed E-state index contributed by atoms with van der Waals surface area (Å²) in [4.78, 5) is 20.7. The van der Waals surface area contributed by atoms with E-state index >= 15 is 0 Å². The summed E-state index contributed by atoms with van der Waals surface area (Å²) in [5.74, 6) is 0.364. The first-order valence-electron chi connectivity index (χ1n) is 7.92. The monoisotopic (exact) mass is 364 g/mol. The highest BCUT2D eigenvalue weighted by atomic mass is 35.5. The number of hydrogen-bond donors (Lipinski definition) is 0. The minimum absolute atomic E-state index is 0.0685. The van der Waals surface area contributed by atoms with Crippen molar-refractivity contribution in [2.45, 2.75) is 6.61 Å². The third kappa shape index (κ3) is 3.43. The molecule has 2 aromatic heterocycles. The Hall–Kier alpha value is -3.18.